The second kappa shape index (κ2) is 9.64. The quantitative estimate of drug-likeness (QED) is 0.468. The predicted molar refractivity (Wildman–Crippen MR) is 93.0 cm³/mol. The number of thioether (sulfide) groups is 1. The van der Waals surface area contributed by atoms with Gasteiger partial charge >= 0.3 is 0 Å². The fourth-order valence-corrected chi connectivity index (χ4v) is 3.07. The fourth-order valence-electron chi connectivity index (χ4n) is 2.08. The number of benzene rings is 2. The van der Waals surface area contributed by atoms with Crippen LogP contribution in [0, 0.1) is 0 Å². The number of nitrogens with zero attached hydrogens (tertiary/aromatic N) is 4. The molecule has 0 aliphatic heterocycles. The molecule has 0 aliphatic rings. The van der Waals surface area contributed by atoms with E-state index in [-0.39, 0.29) is 12.4 Å². The first-order valence-electron chi connectivity index (χ1n) is 7.25. The Bertz CT molecular complexity index is 751. The zero-order valence-corrected chi connectivity index (χ0v) is 15.1. The number of rotatable bonds is 7. The zero-order valence-electron chi connectivity index (χ0n) is 12.8. The number of hydrogen-bond acceptors (Lipinski definition) is 5. The maximum absolute atomic E-state index is 6.13. The van der Waals surface area contributed by atoms with Gasteiger partial charge in [-0.3, -0.25) is 0 Å². The summed E-state index contributed by atoms with van der Waals surface area (Å²) in [4.78, 5) is 0. The van der Waals surface area contributed by atoms with Gasteiger partial charge in [-0.25, -0.2) is 0 Å². The van der Waals surface area contributed by atoms with Gasteiger partial charge in [0, 0.05) is 23.9 Å². The van der Waals surface area contributed by atoms with Crippen LogP contribution in [0.4, 0.5) is 0 Å². The van der Waals surface area contributed by atoms with Crippen LogP contribution in [0.15, 0.2) is 59.8 Å². The van der Waals surface area contributed by atoms with Crippen molar-refractivity contribution in [1.29, 1.82) is 0 Å². The molecule has 0 saturated heterocycles. The molecule has 8 heteroatoms. The van der Waals surface area contributed by atoms with E-state index in [0.29, 0.717) is 0 Å². The molecule has 0 atom stereocenters. The van der Waals surface area contributed by atoms with Crippen LogP contribution in [0.5, 0.6) is 0 Å². The van der Waals surface area contributed by atoms with Gasteiger partial charge in [0.05, 0.1) is 5.69 Å². The Morgan fingerprint density at radius 2 is 1.79 bits per heavy atom. The predicted octanol–water partition coefficient (Wildman–Crippen LogP) is 0.202. The SMILES string of the molecule is Clc1ccccc1CNCCSc1nnnn1-c1ccccc1.[Cl-]. The van der Waals surface area contributed by atoms with Crippen LogP contribution in [-0.4, -0.2) is 32.5 Å². The first-order chi connectivity index (χ1) is 11.3. The number of tetrazole rings is 1. The molecule has 0 fully saturated rings. The molecule has 1 N–H and O–H groups in total. The van der Waals surface area contributed by atoms with Crippen molar-refractivity contribution in [2.24, 2.45) is 0 Å². The van der Waals surface area contributed by atoms with Crippen LogP contribution in [0.25, 0.3) is 5.69 Å². The number of hydrogen-bond donors (Lipinski definition) is 1. The van der Waals surface area contributed by atoms with Gasteiger partial charge in [-0.1, -0.05) is 59.8 Å². The fraction of sp³-hybridized carbons (Fsp3) is 0.188. The van der Waals surface area contributed by atoms with Crippen molar-refractivity contribution in [2.45, 2.75) is 11.7 Å². The number of nitrogens with one attached hydrogen (secondary N) is 1. The Kier molecular flexibility index (Phi) is 7.52. The van der Waals surface area contributed by atoms with Crippen LogP contribution in [-0.2, 0) is 6.54 Å². The van der Waals surface area contributed by atoms with Crippen molar-refractivity contribution in [1.82, 2.24) is 25.5 Å². The molecule has 1 aromatic heterocycles. The third-order valence-electron chi connectivity index (χ3n) is 3.22. The molecule has 5 nitrogen and oxygen atoms in total. The van der Waals surface area contributed by atoms with E-state index in [1.807, 2.05) is 54.6 Å². The standard InChI is InChI=1S/C16H16ClN5S.ClH/c17-15-9-5-4-6-13(15)12-18-10-11-23-16-19-20-21-22(16)14-7-2-1-3-8-14;/h1-9,18H,10-12H2;1H/p-1. The van der Waals surface area contributed by atoms with Gasteiger partial charge in [0.15, 0.2) is 0 Å². The molecule has 0 spiro atoms. The summed E-state index contributed by atoms with van der Waals surface area (Å²) >= 11 is 7.75. The summed E-state index contributed by atoms with van der Waals surface area (Å²) in [6.07, 6.45) is 0. The van der Waals surface area contributed by atoms with Crippen LogP contribution >= 0.6 is 23.4 Å². The third-order valence-corrected chi connectivity index (χ3v) is 4.51. The molecule has 126 valence electrons. The first-order valence-corrected chi connectivity index (χ1v) is 8.61. The number of halogens is 2. The highest BCUT2D eigenvalue weighted by Gasteiger charge is 2.08. The van der Waals surface area contributed by atoms with E-state index in [1.165, 1.54) is 0 Å². The molecule has 1 heterocycles. The van der Waals surface area contributed by atoms with Gasteiger partial charge in [-0.2, -0.15) is 4.68 Å². The van der Waals surface area contributed by atoms with Crippen molar-refractivity contribution >= 4 is 23.4 Å². The van der Waals surface area contributed by atoms with Crippen molar-refractivity contribution in [3.05, 3.63) is 65.2 Å². The van der Waals surface area contributed by atoms with Gasteiger partial charge in [-0.15, -0.1) is 5.10 Å². The summed E-state index contributed by atoms with van der Waals surface area (Å²) in [5.41, 5.74) is 2.07. The summed E-state index contributed by atoms with van der Waals surface area (Å²) in [6.45, 7) is 1.60. The average molecular weight is 381 g/mol. The molecule has 2 aromatic carbocycles. The Morgan fingerprint density at radius 3 is 2.58 bits per heavy atom. The highest BCUT2D eigenvalue weighted by molar-refractivity contribution is 7.99. The molecule has 3 rings (SSSR count). The lowest BCUT2D eigenvalue weighted by Crippen LogP contribution is -3.00. The second-order valence-electron chi connectivity index (χ2n) is 4.83. The summed E-state index contributed by atoms with van der Waals surface area (Å²) in [7, 11) is 0. The largest absolute Gasteiger partial charge is 1.00 e. The molecule has 0 aliphatic carbocycles. The lowest BCUT2D eigenvalue weighted by molar-refractivity contribution is -0.00000465. The normalized spacial score (nSPS) is 10.4. The van der Waals surface area contributed by atoms with Gasteiger partial charge in [0.25, 0.3) is 0 Å². The minimum Gasteiger partial charge on any atom is -1.00 e. The Labute approximate surface area is 156 Å². The smallest absolute Gasteiger partial charge is 0.214 e. The van der Waals surface area contributed by atoms with Crippen molar-refractivity contribution in [3.63, 3.8) is 0 Å². The second-order valence-corrected chi connectivity index (χ2v) is 6.29. The minimum absolute atomic E-state index is 0. The summed E-state index contributed by atoms with van der Waals surface area (Å²) < 4.78 is 1.75. The van der Waals surface area contributed by atoms with E-state index in [4.69, 9.17) is 11.6 Å². The summed E-state index contributed by atoms with van der Waals surface area (Å²) in [5.74, 6) is 0.873. The van der Waals surface area contributed by atoms with Crippen LogP contribution in [0.1, 0.15) is 5.56 Å². The molecule has 0 amide bonds. The van der Waals surface area contributed by atoms with E-state index >= 15 is 0 Å². The molecule has 0 saturated carbocycles. The zero-order chi connectivity index (χ0) is 15.9. The van der Waals surface area contributed by atoms with Crippen molar-refractivity contribution < 1.29 is 12.4 Å². The number of para-hydroxylation sites is 1. The van der Waals surface area contributed by atoms with Crippen molar-refractivity contribution in [3.8, 4) is 5.69 Å². The highest BCUT2D eigenvalue weighted by Crippen LogP contribution is 2.17. The average Bonchev–Trinajstić information content (AvgIpc) is 3.05. The van der Waals surface area contributed by atoms with E-state index in [2.05, 4.69) is 20.8 Å². The summed E-state index contributed by atoms with van der Waals surface area (Å²) in [6, 6.07) is 17.7. The maximum atomic E-state index is 6.13. The van der Waals surface area contributed by atoms with E-state index in [9.17, 15) is 0 Å². The molecule has 0 bridgehead atoms. The topological polar surface area (TPSA) is 55.6 Å². The maximum Gasteiger partial charge on any atom is 0.214 e. The Hall–Kier alpha value is -1.60. The van der Waals surface area contributed by atoms with Crippen LogP contribution < -0.4 is 17.7 Å². The number of aromatic nitrogens is 4. The van der Waals surface area contributed by atoms with Crippen LogP contribution in [0.3, 0.4) is 0 Å². The highest BCUT2D eigenvalue weighted by atomic mass is 35.5. The lowest BCUT2D eigenvalue weighted by atomic mass is 10.2. The molecule has 3 aromatic rings. The first kappa shape index (κ1) is 18.7. The molecule has 0 unspecified atom stereocenters. The molecular weight excluding hydrogens is 365 g/mol. The third kappa shape index (κ3) is 4.95. The Morgan fingerprint density at radius 1 is 1.04 bits per heavy atom. The van der Waals surface area contributed by atoms with Crippen LogP contribution in [0.2, 0.25) is 5.02 Å². The van der Waals surface area contributed by atoms with Gasteiger partial charge in [-0.05, 0) is 34.2 Å². The van der Waals surface area contributed by atoms with E-state index in [0.717, 1.165) is 40.3 Å². The van der Waals surface area contributed by atoms with E-state index < -0.39 is 0 Å². The minimum atomic E-state index is 0. The van der Waals surface area contributed by atoms with Gasteiger partial charge < -0.3 is 17.7 Å². The lowest BCUT2D eigenvalue weighted by Gasteiger charge is -2.07. The van der Waals surface area contributed by atoms with E-state index in [1.54, 1.807) is 16.4 Å². The Balaban J connectivity index is 0.00000208. The van der Waals surface area contributed by atoms with Gasteiger partial charge in [0.1, 0.15) is 0 Å². The molecule has 0 radical (unpaired) electrons. The summed E-state index contributed by atoms with van der Waals surface area (Å²) in [5, 5.41) is 16.8. The molecular formula is C16H16Cl2N5S-. The van der Waals surface area contributed by atoms with Gasteiger partial charge in [0.2, 0.25) is 5.16 Å². The monoisotopic (exact) mass is 380 g/mol. The molecule has 24 heavy (non-hydrogen) atoms. The van der Waals surface area contributed by atoms with Crippen molar-refractivity contribution in [2.75, 3.05) is 12.3 Å².